The summed E-state index contributed by atoms with van der Waals surface area (Å²) in [6.45, 7) is 6.88. The first kappa shape index (κ1) is 14.7. The number of rotatable bonds is 4. The first-order valence-electron chi connectivity index (χ1n) is 4.90. The third kappa shape index (κ3) is 4.04. The van der Waals surface area contributed by atoms with Crippen LogP contribution in [0.1, 0.15) is 13.8 Å². The molecule has 0 aromatic rings. The SMILES string of the molecule is C=C/C(C(=O)N(C)C)=C(C)\C=C(/C)B(O)O. The quantitative estimate of drug-likeness (QED) is 0.415. The Labute approximate surface area is 96.7 Å². The lowest BCUT2D eigenvalue weighted by atomic mass is 9.79. The van der Waals surface area contributed by atoms with Crippen LogP contribution in [0.25, 0.3) is 0 Å². The van der Waals surface area contributed by atoms with Crippen molar-refractivity contribution >= 4 is 13.0 Å². The van der Waals surface area contributed by atoms with Crippen LogP contribution in [0.5, 0.6) is 0 Å². The van der Waals surface area contributed by atoms with Crippen LogP contribution >= 0.6 is 0 Å². The molecule has 2 N–H and O–H groups in total. The maximum Gasteiger partial charge on any atom is 0.483 e. The smallest absolute Gasteiger partial charge is 0.423 e. The van der Waals surface area contributed by atoms with Crippen molar-refractivity contribution in [2.45, 2.75) is 13.8 Å². The number of hydrogen-bond donors (Lipinski definition) is 2. The molecule has 4 nitrogen and oxygen atoms in total. The van der Waals surface area contributed by atoms with Crippen molar-refractivity contribution < 1.29 is 14.8 Å². The second kappa shape index (κ2) is 6.30. The monoisotopic (exact) mass is 223 g/mol. The van der Waals surface area contributed by atoms with Gasteiger partial charge in [0.1, 0.15) is 0 Å². The first-order chi connectivity index (χ1) is 7.31. The summed E-state index contributed by atoms with van der Waals surface area (Å²) in [6.07, 6.45) is 3.02. The van der Waals surface area contributed by atoms with Gasteiger partial charge in [-0.05, 0) is 24.9 Å². The topological polar surface area (TPSA) is 60.8 Å². The Morgan fingerprint density at radius 2 is 1.81 bits per heavy atom. The summed E-state index contributed by atoms with van der Waals surface area (Å²) in [7, 11) is 1.79. The van der Waals surface area contributed by atoms with Gasteiger partial charge in [-0.3, -0.25) is 4.79 Å². The Hall–Kier alpha value is -1.33. The largest absolute Gasteiger partial charge is 0.483 e. The molecule has 0 aromatic carbocycles. The van der Waals surface area contributed by atoms with Crippen molar-refractivity contribution in [2.24, 2.45) is 0 Å². The van der Waals surface area contributed by atoms with Gasteiger partial charge in [-0.25, -0.2) is 0 Å². The van der Waals surface area contributed by atoms with Gasteiger partial charge in [-0.1, -0.05) is 18.7 Å². The Balaban J connectivity index is 5.26. The summed E-state index contributed by atoms with van der Waals surface area (Å²) < 4.78 is 0. The minimum absolute atomic E-state index is 0.163. The van der Waals surface area contributed by atoms with E-state index in [0.717, 1.165) is 0 Å². The van der Waals surface area contributed by atoms with E-state index in [2.05, 4.69) is 6.58 Å². The van der Waals surface area contributed by atoms with Crippen LogP contribution in [0.2, 0.25) is 0 Å². The molecule has 0 aliphatic heterocycles. The van der Waals surface area contributed by atoms with Crippen LogP contribution in [-0.2, 0) is 4.79 Å². The average Bonchev–Trinajstić information content (AvgIpc) is 2.18. The minimum Gasteiger partial charge on any atom is -0.423 e. The lowest BCUT2D eigenvalue weighted by molar-refractivity contribution is -0.124. The van der Waals surface area contributed by atoms with Gasteiger partial charge in [0, 0.05) is 19.7 Å². The number of carbonyl (C=O) groups is 1. The van der Waals surface area contributed by atoms with Gasteiger partial charge in [0.05, 0.1) is 0 Å². The molecule has 0 saturated carbocycles. The highest BCUT2D eigenvalue weighted by atomic mass is 16.4. The summed E-state index contributed by atoms with van der Waals surface area (Å²) in [5.41, 5.74) is 1.48. The molecule has 0 atom stereocenters. The normalized spacial score (nSPS) is 13.0. The van der Waals surface area contributed by atoms with Crippen molar-refractivity contribution in [3.05, 3.63) is 35.3 Å². The highest BCUT2D eigenvalue weighted by Gasteiger charge is 2.13. The zero-order valence-corrected chi connectivity index (χ0v) is 10.2. The molecule has 0 aliphatic rings. The fraction of sp³-hybridized carbons (Fsp3) is 0.364. The maximum atomic E-state index is 11.7. The van der Waals surface area contributed by atoms with Gasteiger partial charge < -0.3 is 14.9 Å². The lowest BCUT2D eigenvalue weighted by Crippen LogP contribution is -2.23. The summed E-state index contributed by atoms with van der Waals surface area (Å²) in [5.74, 6) is -0.163. The number of allylic oxidation sites excluding steroid dienone is 3. The Morgan fingerprint density at radius 1 is 1.31 bits per heavy atom. The van der Waals surface area contributed by atoms with Crippen LogP contribution in [0.4, 0.5) is 0 Å². The predicted molar refractivity (Wildman–Crippen MR) is 65.5 cm³/mol. The molecule has 0 rings (SSSR count). The first-order valence-corrected chi connectivity index (χ1v) is 4.90. The summed E-state index contributed by atoms with van der Waals surface area (Å²) in [6, 6.07) is 0. The summed E-state index contributed by atoms with van der Waals surface area (Å²) in [5, 5.41) is 17.8. The molecular weight excluding hydrogens is 205 g/mol. The molecule has 0 bridgehead atoms. The molecule has 0 fully saturated rings. The minimum atomic E-state index is -1.50. The van der Waals surface area contributed by atoms with Gasteiger partial charge in [-0.2, -0.15) is 0 Å². The van der Waals surface area contributed by atoms with Crippen LogP contribution in [0, 0.1) is 0 Å². The highest BCUT2D eigenvalue weighted by Crippen LogP contribution is 2.12. The van der Waals surface area contributed by atoms with Gasteiger partial charge in [0.15, 0.2) is 0 Å². The van der Waals surface area contributed by atoms with Crippen LogP contribution in [0.15, 0.2) is 35.3 Å². The van der Waals surface area contributed by atoms with E-state index in [0.29, 0.717) is 16.6 Å². The molecule has 0 unspecified atom stereocenters. The second-order valence-electron chi connectivity index (χ2n) is 3.76. The average molecular weight is 223 g/mol. The van der Waals surface area contributed by atoms with E-state index in [4.69, 9.17) is 10.0 Å². The lowest BCUT2D eigenvalue weighted by Gasteiger charge is -2.12. The zero-order valence-electron chi connectivity index (χ0n) is 10.2. The third-order valence-corrected chi connectivity index (χ3v) is 2.12. The van der Waals surface area contributed by atoms with E-state index in [1.54, 1.807) is 34.0 Å². The molecule has 0 spiro atoms. The molecule has 1 amide bonds. The Kier molecular flexibility index (Phi) is 5.78. The number of likely N-dealkylation sites (N-methyl/N-ethyl adjacent to an activating group) is 1. The fourth-order valence-electron chi connectivity index (χ4n) is 1.15. The summed E-state index contributed by atoms with van der Waals surface area (Å²) in [4.78, 5) is 13.2. The molecular formula is C11H18BNO3. The van der Waals surface area contributed by atoms with Crippen LogP contribution < -0.4 is 0 Å². The molecule has 16 heavy (non-hydrogen) atoms. The third-order valence-electron chi connectivity index (χ3n) is 2.12. The number of hydrogen-bond acceptors (Lipinski definition) is 3. The fourth-order valence-corrected chi connectivity index (χ4v) is 1.15. The van der Waals surface area contributed by atoms with E-state index in [-0.39, 0.29) is 5.91 Å². The second-order valence-corrected chi connectivity index (χ2v) is 3.76. The molecule has 0 radical (unpaired) electrons. The van der Waals surface area contributed by atoms with Crippen LogP contribution in [0.3, 0.4) is 0 Å². The van der Waals surface area contributed by atoms with Gasteiger partial charge in [0.25, 0.3) is 5.91 Å². The Morgan fingerprint density at radius 3 is 2.12 bits per heavy atom. The van der Waals surface area contributed by atoms with E-state index in [1.807, 2.05) is 0 Å². The number of amides is 1. The summed E-state index contributed by atoms with van der Waals surface area (Å²) >= 11 is 0. The molecule has 0 aromatic heterocycles. The van der Waals surface area contributed by atoms with Crippen molar-refractivity contribution in [1.29, 1.82) is 0 Å². The number of carbonyl (C=O) groups excluding carboxylic acids is 1. The zero-order chi connectivity index (χ0) is 12.9. The van der Waals surface area contributed by atoms with E-state index in [9.17, 15) is 4.79 Å². The molecule has 88 valence electrons. The molecule has 0 saturated heterocycles. The van der Waals surface area contributed by atoms with E-state index >= 15 is 0 Å². The van der Waals surface area contributed by atoms with E-state index < -0.39 is 7.12 Å². The van der Waals surface area contributed by atoms with Crippen molar-refractivity contribution in [3.8, 4) is 0 Å². The number of nitrogens with zero attached hydrogens (tertiary/aromatic N) is 1. The standard InChI is InChI=1S/C11H18BNO3/c1-6-10(11(14)13(4)5)8(2)7-9(3)12(15)16/h6-7,15-16H,1H2,2-5H3/b9-7+,10-8+. The van der Waals surface area contributed by atoms with Crippen LogP contribution in [-0.4, -0.2) is 42.1 Å². The van der Waals surface area contributed by atoms with Gasteiger partial charge in [0.2, 0.25) is 0 Å². The maximum absolute atomic E-state index is 11.7. The Bertz CT molecular complexity index is 343. The predicted octanol–water partition coefficient (Wildman–Crippen LogP) is 0.535. The van der Waals surface area contributed by atoms with Gasteiger partial charge in [-0.15, -0.1) is 0 Å². The van der Waals surface area contributed by atoms with Crippen molar-refractivity contribution in [3.63, 3.8) is 0 Å². The van der Waals surface area contributed by atoms with Crippen molar-refractivity contribution in [2.75, 3.05) is 14.1 Å². The molecule has 5 heteroatoms. The molecule has 0 aliphatic carbocycles. The van der Waals surface area contributed by atoms with E-state index in [1.165, 1.54) is 11.0 Å². The van der Waals surface area contributed by atoms with Gasteiger partial charge >= 0.3 is 7.12 Å². The highest BCUT2D eigenvalue weighted by molar-refractivity contribution is 6.50. The molecule has 0 heterocycles. The van der Waals surface area contributed by atoms with Crippen molar-refractivity contribution in [1.82, 2.24) is 4.90 Å².